The predicted molar refractivity (Wildman–Crippen MR) is 142 cm³/mol. The third kappa shape index (κ3) is 5.89. The van der Waals surface area contributed by atoms with E-state index in [1.54, 1.807) is 37.5 Å². The fourth-order valence-corrected chi connectivity index (χ4v) is 6.54. The number of aromatic nitrogens is 1. The van der Waals surface area contributed by atoms with E-state index in [9.17, 15) is 13.2 Å². The molecule has 1 aliphatic heterocycles. The molecule has 4 rings (SSSR count). The number of sulfonamides is 1. The van der Waals surface area contributed by atoms with Crippen LogP contribution in [0, 0.1) is 0 Å². The summed E-state index contributed by atoms with van der Waals surface area (Å²) in [6, 6.07) is 10.2. The largest absolute Gasteiger partial charge is 0.495 e. The molecule has 0 bridgehead atoms. The Labute approximate surface area is 219 Å². The molecule has 0 spiro atoms. The van der Waals surface area contributed by atoms with Gasteiger partial charge in [-0.1, -0.05) is 24.1 Å². The molecule has 2 heterocycles. The molecular formula is C25H26ClN3O5S2. The third-order valence-electron chi connectivity index (χ3n) is 5.73. The van der Waals surface area contributed by atoms with Crippen molar-refractivity contribution in [2.75, 3.05) is 32.6 Å². The summed E-state index contributed by atoms with van der Waals surface area (Å²) in [5, 5.41) is 5.45. The second-order valence-electron chi connectivity index (χ2n) is 8.08. The first-order chi connectivity index (χ1) is 17.3. The number of methoxy groups -OCH3 is 2. The van der Waals surface area contributed by atoms with E-state index in [0.717, 1.165) is 24.8 Å². The van der Waals surface area contributed by atoms with Crippen LogP contribution in [0.25, 0.3) is 17.3 Å². The first-order valence-corrected chi connectivity index (χ1v) is 14.0. The standard InChI is InChI=1S/C25H26ClN3O5S2/c1-33-21-10-8-18(15-19(21)26)20-16-35-25(27-20)28-24(30)11-7-17-6-9-22(34-2)23(14-17)36(31,32)29-12-4-3-5-13-29/h6-11,14-16H,3-5,12-13H2,1-2H3,(H,27,28,30)/b11-7+. The quantitative estimate of drug-likeness (QED) is 0.384. The lowest BCUT2D eigenvalue weighted by atomic mass is 10.2. The highest BCUT2D eigenvalue weighted by Gasteiger charge is 2.29. The van der Waals surface area contributed by atoms with E-state index >= 15 is 0 Å². The fourth-order valence-electron chi connectivity index (χ4n) is 3.85. The van der Waals surface area contributed by atoms with Crippen molar-refractivity contribution in [1.82, 2.24) is 9.29 Å². The summed E-state index contributed by atoms with van der Waals surface area (Å²) in [6.07, 6.45) is 5.60. The molecule has 36 heavy (non-hydrogen) atoms. The highest BCUT2D eigenvalue weighted by molar-refractivity contribution is 7.89. The van der Waals surface area contributed by atoms with Crippen molar-refractivity contribution in [3.8, 4) is 22.8 Å². The van der Waals surface area contributed by atoms with Gasteiger partial charge in [0.1, 0.15) is 16.4 Å². The minimum Gasteiger partial charge on any atom is -0.495 e. The Morgan fingerprint density at radius 2 is 1.81 bits per heavy atom. The number of benzene rings is 2. The van der Waals surface area contributed by atoms with Crippen LogP contribution in [-0.4, -0.2) is 50.9 Å². The summed E-state index contributed by atoms with van der Waals surface area (Å²) >= 11 is 7.48. The molecule has 0 atom stereocenters. The highest BCUT2D eigenvalue weighted by Crippen LogP contribution is 2.32. The van der Waals surface area contributed by atoms with Gasteiger partial charge in [-0.15, -0.1) is 11.3 Å². The SMILES string of the molecule is COc1ccc(-c2csc(NC(=O)/C=C/c3ccc(OC)c(S(=O)(=O)N4CCCCC4)c3)n2)cc1Cl. The molecule has 3 aromatic rings. The van der Waals surface area contributed by atoms with E-state index in [4.69, 9.17) is 21.1 Å². The maximum atomic E-state index is 13.2. The topological polar surface area (TPSA) is 97.8 Å². The normalized spacial score (nSPS) is 14.6. The van der Waals surface area contributed by atoms with Crippen LogP contribution >= 0.6 is 22.9 Å². The summed E-state index contributed by atoms with van der Waals surface area (Å²) in [6.45, 7) is 0.985. The number of halogens is 1. The van der Waals surface area contributed by atoms with Gasteiger partial charge in [0.25, 0.3) is 0 Å². The number of hydrogen-bond donors (Lipinski definition) is 1. The van der Waals surface area contributed by atoms with Crippen molar-refractivity contribution in [3.05, 3.63) is 58.4 Å². The Hall–Kier alpha value is -2.92. The van der Waals surface area contributed by atoms with Crippen molar-refractivity contribution in [3.63, 3.8) is 0 Å². The smallest absolute Gasteiger partial charge is 0.250 e. The van der Waals surface area contributed by atoms with Gasteiger partial charge < -0.3 is 9.47 Å². The zero-order valence-electron chi connectivity index (χ0n) is 19.9. The lowest BCUT2D eigenvalue weighted by Gasteiger charge is -2.26. The first kappa shape index (κ1) is 26.2. The molecule has 1 aromatic heterocycles. The van der Waals surface area contributed by atoms with Crippen molar-refractivity contribution < 1.29 is 22.7 Å². The molecule has 0 unspecified atom stereocenters. The first-order valence-electron chi connectivity index (χ1n) is 11.3. The lowest BCUT2D eigenvalue weighted by Crippen LogP contribution is -2.35. The number of amides is 1. The van der Waals surface area contributed by atoms with Crippen LogP contribution in [0.4, 0.5) is 5.13 Å². The van der Waals surface area contributed by atoms with E-state index in [-0.39, 0.29) is 16.6 Å². The molecule has 0 saturated carbocycles. The summed E-state index contributed by atoms with van der Waals surface area (Å²) in [4.78, 5) is 17.0. The molecule has 11 heteroatoms. The number of nitrogens with one attached hydrogen (secondary N) is 1. The molecule has 0 aliphatic carbocycles. The van der Waals surface area contributed by atoms with Crippen molar-refractivity contribution >= 4 is 50.1 Å². The Bertz CT molecular complexity index is 1380. The van der Waals surface area contributed by atoms with Crippen LogP contribution in [0.3, 0.4) is 0 Å². The maximum absolute atomic E-state index is 13.2. The zero-order chi connectivity index (χ0) is 25.7. The molecule has 1 aliphatic rings. The average molecular weight is 548 g/mol. The van der Waals surface area contributed by atoms with Gasteiger partial charge in [-0.3, -0.25) is 10.1 Å². The van der Waals surface area contributed by atoms with Crippen molar-refractivity contribution in [2.45, 2.75) is 24.2 Å². The molecule has 1 amide bonds. The van der Waals surface area contributed by atoms with E-state index < -0.39 is 10.0 Å². The fraction of sp³-hybridized carbons (Fsp3) is 0.280. The minimum atomic E-state index is -3.70. The average Bonchev–Trinajstić information content (AvgIpc) is 3.36. The van der Waals surface area contributed by atoms with Crippen molar-refractivity contribution in [2.24, 2.45) is 0 Å². The van der Waals surface area contributed by atoms with Gasteiger partial charge in [-0.25, -0.2) is 13.4 Å². The molecule has 1 N–H and O–H groups in total. The third-order valence-corrected chi connectivity index (χ3v) is 8.70. The number of piperidine rings is 1. The summed E-state index contributed by atoms with van der Waals surface area (Å²) in [7, 11) is -0.710. The molecule has 190 valence electrons. The number of carbonyl (C=O) groups excluding carboxylic acids is 1. The van der Waals surface area contributed by atoms with E-state index in [0.29, 0.717) is 40.3 Å². The second-order valence-corrected chi connectivity index (χ2v) is 11.3. The molecule has 8 nitrogen and oxygen atoms in total. The van der Waals surface area contributed by atoms with Crippen LogP contribution in [0.15, 0.2) is 52.7 Å². The van der Waals surface area contributed by atoms with Crippen molar-refractivity contribution in [1.29, 1.82) is 0 Å². The maximum Gasteiger partial charge on any atom is 0.250 e. The van der Waals surface area contributed by atoms with Crippen LogP contribution in [0.2, 0.25) is 5.02 Å². The van der Waals surface area contributed by atoms with E-state index in [1.165, 1.54) is 34.9 Å². The van der Waals surface area contributed by atoms with Gasteiger partial charge >= 0.3 is 0 Å². The molecule has 1 saturated heterocycles. The molecule has 1 fully saturated rings. The summed E-state index contributed by atoms with van der Waals surface area (Å²) in [5.41, 5.74) is 2.04. The zero-order valence-corrected chi connectivity index (χ0v) is 22.3. The number of rotatable bonds is 8. The van der Waals surface area contributed by atoms with Crippen LogP contribution < -0.4 is 14.8 Å². The minimum absolute atomic E-state index is 0.0946. The van der Waals surface area contributed by atoms with E-state index in [1.807, 2.05) is 11.4 Å². The Balaban J connectivity index is 1.47. The van der Waals surface area contributed by atoms with Crippen LogP contribution in [-0.2, 0) is 14.8 Å². The predicted octanol–water partition coefficient (Wildman–Crippen LogP) is 5.31. The van der Waals surface area contributed by atoms with Gasteiger partial charge in [-0.05, 0) is 54.8 Å². The molecule has 0 radical (unpaired) electrons. The molecular weight excluding hydrogens is 522 g/mol. The number of thiazole rings is 1. The van der Waals surface area contributed by atoms with Crippen LogP contribution in [0.1, 0.15) is 24.8 Å². The van der Waals surface area contributed by atoms with Gasteiger partial charge in [0.05, 0.1) is 24.9 Å². The Morgan fingerprint density at radius 1 is 1.08 bits per heavy atom. The van der Waals surface area contributed by atoms with Gasteiger partial charge in [0.2, 0.25) is 15.9 Å². The van der Waals surface area contributed by atoms with Gasteiger partial charge in [0.15, 0.2) is 5.13 Å². The summed E-state index contributed by atoms with van der Waals surface area (Å²) in [5.74, 6) is 0.454. The Kier molecular flexibility index (Phi) is 8.30. The van der Waals surface area contributed by atoms with E-state index in [2.05, 4.69) is 10.3 Å². The van der Waals surface area contributed by atoms with Crippen LogP contribution in [0.5, 0.6) is 11.5 Å². The van der Waals surface area contributed by atoms with Gasteiger partial charge in [-0.2, -0.15) is 4.31 Å². The highest BCUT2D eigenvalue weighted by atomic mass is 35.5. The number of carbonyl (C=O) groups is 1. The van der Waals surface area contributed by atoms with Gasteiger partial charge in [0, 0.05) is 30.1 Å². The summed E-state index contributed by atoms with van der Waals surface area (Å²) < 4.78 is 38.4. The number of anilines is 1. The number of hydrogen-bond acceptors (Lipinski definition) is 7. The molecule has 2 aromatic carbocycles. The lowest BCUT2D eigenvalue weighted by molar-refractivity contribution is -0.111. The number of nitrogens with zero attached hydrogens (tertiary/aromatic N) is 2. The monoisotopic (exact) mass is 547 g/mol. The Morgan fingerprint density at radius 3 is 2.50 bits per heavy atom. The second kappa shape index (κ2) is 11.4. The number of ether oxygens (including phenoxy) is 2.